The van der Waals surface area contributed by atoms with Crippen molar-refractivity contribution in [2.24, 2.45) is 13.0 Å². The molecule has 0 radical (unpaired) electrons. The van der Waals surface area contributed by atoms with Crippen LogP contribution >= 0.6 is 11.3 Å². The smallest absolute Gasteiger partial charge is 0.355 e. The molecular formula is C57H61N9O6S. The first-order chi connectivity index (χ1) is 35.4. The number of benzene rings is 4. The van der Waals surface area contributed by atoms with Gasteiger partial charge in [-0.15, -0.1) is 0 Å². The maximum atomic E-state index is 13.7. The van der Waals surface area contributed by atoms with Crippen LogP contribution in [0.2, 0.25) is 0 Å². The number of pyridine rings is 1. The van der Waals surface area contributed by atoms with Crippen LogP contribution in [0.4, 0.5) is 16.6 Å². The van der Waals surface area contributed by atoms with Gasteiger partial charge in [-0.1, -0.05) is 59.9 Å². The van der Waals surface area contributed by atoms with E-state index in [4.69, 9.17) is 14.8 Å². The predicted octanol–water partition coefficient (Wildman–Crippen LogP) is 9.52. The number of ether oxygens (including phenoxy) is 1. The van der Waals surface area contributed by atoms with Crippen molar-refractivity contribution >= 4 is 72.8 Å². The molecule has 7 aromatic rings. The molecule has 376 valence electrons. The summed E-state index contributed by atoms with van der Waals surface area (Å²) >= 11 is 1.44. The van der Waals surface area contributed by atoms with E-state index in [-0.39, 0.29) is 29.5 Å². The maximum absolute atomic E-state index is 13.7. The number of hydrogen-bond donors (Lipinski definition) is 3. The number of piperidine rings is 1. The fourth-order valence-electron chi connectivity index (χ4n) is 11.8. The van der Waals surface area contributed by atoms with Crippen LogP contribution in [0.5, 0.6) is 5.75 Å². The van der Waals surface area contributed by atoms with Gasteiger partial charge in [0, 0.05) is 68.7 Å². The Bertz CT molecular complexity index is 3240. The number of anilines is 3. The van der Waals surface area contributed by atoms with Crippen LogP contribution < -0.4 is 25.2 Å². The average Bonchev–Trinajstić information content (AvgIpc) is 3.97. The van der Waals surface area contributed by atoms with Gasteiger partial charge in [0.05, 0.1) is 39.1 Å². The first kappa shape index (κ1) is 48.1. The minimum absolute atomic E-state index is 0.0216. The molecule has 4 aromatic carbocycles. The summed E-state index contributed by atoms with van der Waals surface area (Å²) in [6.45, 7) is 9.28. The number of piperazine rings is 1. The number of para-hydroxylation sites is 2. The van der Waals surface area contributed by atoms with Crippen LogP contribution in [0.3, 0.4) is 0 Å². The van der Waals surface area contributed by atoms with Crippen LogP contribution in [0.15, 0.2) is 91.0 Å². The second-order valence-electron chi connectivity index (χ2n) is 20.3. The number of carbonyl (C=O) groups excluding carboxylic acids is 3. The van der Waals surface area contributed by atoms with Crippen LogP contribution in [0.25, 0.3) is 32.2 Å². The Morgan fingerprint density at radius 3 is 2.51 bits per heavy atom. The molecule has 0 unspecified atom stereocenters. The van der Waals surface area contributed by atoms with E-state index < -0.39 is 11.9 Å². The third kappa shape index (κ3) is 9.77. The largest absolute Gasteiger partial charge is 0.490 e. The molecule has 3 aromatic heterocycles. The van der Waals surface area contributed by atoms with Crippen molar-refractivity contribution in [1.82, 2.24) is 30.0 Å². The van der Waals surface area contributed by atoms with Gasteiger partial charge in [0.1, 0.15) is 11.6 Å². The third-order valence-corrected chi connectivity index (χ3v) is 16.6. The van der Waals surface area contributed by atoms with Gasteiger partial charge in [-0.05, 0) is 142 Å². The van der Waals surface area contributed by atoms with E-state index in [0.717, 1.165) is 119 Å². The molecular weight excluding hydrogens is 939 g/mol. The van der Waals surface area contributed by atoms with E-state index in [1.165, 1.54) is 17.8 Å². The topological polar surface area (TPSA) is 175 Å². The van der Waals surface area contributed by atoms with Crippen molar-refractivity contribution < 1.29 is 29.0 Å². The molecule has 11 rings (SSSR count). The molecule has 15 nitrogen and oxygen atoms in total. The predicted molar refractivity (Wildman–Crippen MR) is 285 cm³/mol. The molecule has 16 heteroatoms. The molecule has 3 N–H and O–H groups in total. The maximum Gasteiger partial charge on any atom is 0.355 e. The number of fused-ring (bicyclic) bond motifs is 3. The summed E-state index contributed by atoms with van der Waals surface area (Å²) in [4.78, 5) is 67.7. The van der Waals surface area contributed by atoms with Gasteiger partial charge < -0.3 is 19.6 Å². The number of amides is 3. The van der Waals surface area contributed by atoms with Crippen molar-refractivity contribution in [3.8, 4) is 16.9 Å². The van der Waals surface area contributed by atoms with E-state index >= 15 is 0 Å². The Morgan fingerprint density at radius 2 is 1.70 bits per heavy atom. The molecule has 2 atom stereocenters. The lowest BCUT2D eigenvalue weighted by atomic mass is 9.84. The number of aromatic nitrogens is 4. The van der Waals surface area contributed by atoms with Crippen molar-refractivity contribution in [3.63, 3.8) is 0 Å². The SMILES string of the molecule is Cc1c(OC2CCC(CCCN3CCN(c4cccc5c([C@@H]6CCC(=O)NC6=O)nn(C)c45)[C@@H](C)C3)CC2)cccc1-c1ccc(N2CCc3cccc(C(=O)Nc4nc5ccccc5s4)c3C2)nc1C(=O)O. The molecule has 1 saturated carbocycles. The van der Waals surface area contributed by atoms with E-state index in [1.807, 2.05) is 102 Å². The van der Waals surface area contributed by atoms with Gasteiger partial charge in [-0.2, -0.15) is 5.10 Å². The van der Waals surface area contributed by atoms with Gasteiger partial charge in [0.2, 0.25) is 11.8 Å². The fourth-order valence-corrected chi connectivity index (χ4v) is 12.7. The highest BCUT2D eigenvalue weighted by molar-refractivity contribution is 7.22. The number of nitrogens with zero attached hydrogens (tertiary/aromatic N) is 7. The summed E-state index contributed by atoms with van der Waals surface area (Å²) in [5, 5.41) is 22.4. The van der Waals surface area contributed by atoms with Crippen LogP contribution in [0, 0.1) is 12.8 Å². The quantitative estimate of drug-likeness (QED) is 0.0935. The average molecular weight is 1000 g/mol. The van der Waals surface area contributed by atoms with Crippen LogP contribution in [0.1, 0.15) is 107 Å². The highest BCUT2D eigenvalue weighted by Crippen LogP contribution is 2.39. The lowest BCUT2D eigenvalue weighted by Crippen LogP contribution is -2.52. The summed E-state index contributed by atoms with van der Waals surface area (Å²) in [5.74, 6) is -0.257. The monoisotopic (exact) mass is 999 g/mol. The van der Waals surface area contributed by atoms with Crippen LogP contribution in [-0.2, 0) is 29.6 Å². The van der Waals surface area contributed by atoms with Gasteiger partial charge >= 0.3 is 5.97 Å². The molecule has 4 aliphatic rings. The fraction of sp³-hybridized carbons (Fsp3) is 0.386. The number of nitrogens with one attached hydrogen (secondary N) is 2. The molecule has 1 aliphatic carbocycles. The number of aromatic carboxylic acids is 1. The highest BCUT2D eigenvalue weighted by atomic mass is 32.1. The second kappa shape index (κ2) is 20.4. The summed E-state index contributed by atoms with van der Waals surface area (Å²) in [7, 11) is 1.95. The van der Waals surface area contributed by atoms with Gasteiger partial charge in [-0.25, -0.2) is 14.8 Å². The first-order valence-corrected chi connectivity index (χ1v) is 26.6. The van der Waals surface area contributed by atoms with Gasteiger partial charge in [0.15, 0.2) is 10.8 Å². The minimum atomic E-state index is -1.10. The number of rotatable bonds is 13. The molecule has 0 spiro atoms. The first-order valence-electron chi connectivity index (χ1n) is 25.8. The Balaban J connectivity index is 0.678. The zero-order valence-corrected chi connectivity index (χ0v) is 42.4. The number of carboxylic acid groups (broad SMARTS) is 1. The van der Waals surface area contributed by atoms with E-state index in [9.17, 15) is 24.3 Å². The molecule has 0 bridgehead atoms. The number of imide groups is 1. The molecule has 3 aliphatic heterocycles. The number of carbonyl (C=O) groups is 4. The van der Waals surface area contributed by atoms with E-state index in [1.54, 1.807) is 0 Å². The molecule has 2 saturated heterocycles. The lowest BCUT2D eigenvalue weighted by molar-refractivity contribution is -0.134. The molecule has 3 fully saturated rings. The number of aryl methyl sites for hydroxylation is 1. The van der Waals surface area contributed by atoms with Gasteiger partial charge in [0.25, 0.3) is 5.91 Å². The molecule has 6 heterocycles. The second-order valence-corrected chi connectivity index (χ2v) is 21.3. The Kier molecular flexibility index (Phi) is 13.4. The zero-order chi connectivity index (χ0) is 50.3. The summed E-state index contributed by atoms with van der Waals surface area (Å²) in [5.41, 5.74) is 8.49. The number of hydrogen-bond acceptors (Lipinski definition) is 12. The summed E-state index contributed by atoms with van der Waals surface area (Å²) in [6.07, 6.45) is 8.14. The van der Waals surface area contributed by atoms with E-state index in [2.05, 4.69) is 44.5 Å². The Morgan fingerprint density at radius 1 is 0.877 bits per heavy atom. The third-order valence-electron chi connectivity index (χ3n) is 15.6. The highest BCUT2D eigenvalue weighted by Gasteiger charge is 2.34. The normalized spacial score (nSPS) is 20.5. The van der Waals surface area contributed by atoms with Crippen LogP contribution in [-0.4, -0.2) is 98.3 Å². The van der Waals surface area contributed by atoms with Crippen molar-refractivity contribution in [2.45, 2.75) is 96.2 Å². The van der Waals surface area contributed by atoms with Crippen molar-refractivity contribution in [3.05, 3.63) is 125 Å². The lowest BCUT2D eigenvalue weighted by Gasteiger charge is -2.41. The number of thiazole rings is 1. The van der Waals surface area contributed by atoms with E-state index in [0.29, 0.717) is 66.4 Å². The molecule has 73 heavy (non-hydrogen) atoms. The minimum Gasteiger partial charge on any atom is -0.490 e. The zero-order valence-electron chi connectivity index (χ0n) is 41.6. The Hall–Kier alpha value is -7.17. The number of carboxylic acids is 1. The Labute approximate surface area is 428 Å². The summed E-state index contributed by atoms with van der Waals surface area (Å²) in [6, 6.07) is 29.8. The summed E-state index contributed by atoms with van der Waals surface area (Å²) < 4.78 is 9.61. The van der Waals surface area contributed by atoms with Crippen molar-refractivity contribution in [2.75, 3.05) is 47.8 Å². The standard InChI is InChI=1S/C57H61N9O6S/c1-34-32-64(30-31-66(34)46-16-7-14-42-51(62-63(3)53(42)46)43-24-26-50(67)60-55(43)69)28-9-10-36-19-21-38(22-20-36)72-47-17-8-12-39(35(47)2)40-23-25-49(59-52(40)56(70)71)65-29-27-37-11-6-13-41(44(37)33-65)54(68)61-57-58-45-15-4-5-18-48(45)73-57/h4-8,11-18,23,25,34,36,38,43H,9-10,19-22,24,26-33H2,1-3H3,(H,70,71)(H,58,61,68)(H,60,67,69)/t34-,36?,38?,43-/m0/s1. The van der Waals surface area contributed by atoms with Crippen molar-refractivity contribution in [1.29, 1.82) is 0 Å². The molecule has 3 amide bonds. The van der Waals surface area contributed by atoms with Gasteiger partial charge in [-0.3, -0.25) is 34.6 Å².